The lowest BCUT2D eigenvalue weighted by molar-refractivity contribution is -0.384. The molecule has 1 atom stereocenters. The smallest absolute Gasteiger partial charge is 0.269 e. The zero-order valence-corrected chi connectivity index (χ0v) is 22.2. The number of aromatic nitrogens is 3. The van der Waals surface area contributed by atoms with Crippen LogP contribution in [0.4, 0.5) is 5.69 Å². The number of thioether (sulfide) groups is 1. The number of nitrogens with zero attached hydrogens (tertiary/aromatic N) is 4. The summed E-state index contributed by atoms with van der Waals surface area (Å²) in [6.45, 7) is 8.78. The van der Waals surface area contributed by atoms with Crippen molar-refractivity contribution in [1.82, 2.24) is 20.1 Å². The molecule has 9 nitrogen and oxygen atoms in total. The third kappa shape index (κ3) is 7.81. The van der Waals surface area contributed by atoms with Crippen molar-refractivity contribution in [1.29, 1.82) is 0 Å². The minimum Gasteiger partial charge on any atom is -0.497 e. The summed E-state index contributed by atoms with van der Waals surface area (Å²) in [7, 11) is 1.63. The van der Waals surface area contributed by atoms with Crippen LogP contribution in [0.5, 0.6) is 5.75 Å². The Morgan fingerprint density at radius 2 is 1.92 bits per heavy atom. The topological polar surface area (TPSA) is 112 Å². The van der Waals surface area contributed by atoms with E-state index >= 15 is 0 Å². The molecule has 0 spiro atoms. The van der Waals surface area contributed by atoms with Crippen molar-refractivity contribution in [3.8, 4) is 11.4 Å². The van der Waals surface area contributed by atoms with Crippen LogP contribution in [0, 0.1) is 21.4 Å². The first-order valence-corrected chi connectivity index (χ1v) is 12.8. The van der Waals surface area contributed by atoms with Crippen LogP contribution in [0.25, 0.3) is 5.69 Å². The van der Waals surface area contributed by atoms with Gasteiger partial charge >= 0.3 is 0 Å². The third-order valence-electron chi connectivity index (χ3n) is 5.46. The Morgan fingerprint density at radius 1 is 1.19 bits per heavy atom. The highest BCUT2D eigenvalue weighted by atomic mass is 32.2. The van der Waals surface area contributed by atoms with E-state index in [4.69, 9.17) is 4.74 Å². The highest BCUT2D eigenvalue weighted by molar-refractivity contribution is 7.98. The van der Waals surface area contributed by atoms with Crippen LogP contribution in [-0.4, -0.2) is 32.7 Å². The van der Waals surface area contributed by atoms with Gasteiger partial charge in [0.05, 0.1) is 18.6 Å². The van der Waals surface area contributed by atoms with E-state index in [9.17, 15) is 14.9 Å². The standard InChI is InChI=1S/C26H33N5O4S/c1-18(15-26(2,3)4)13-24(32)27-16-23-28-29-25(36-17-19-7-6-8-22(14-19)35-5)30(23)20-9-11-21(12-10-20)31(33)34/h6-12,14,18H,13,15-17H2,1-5H3,(H,27,32). The van der Waals surface area contributed by atoms with Crippen molar-refractivity contribution in [2.75, 3.05) is 7.11 Å². The number of rotatable bonds is 11. The van der Waals surface area contributed by atoms with Crippen LogP contribution in [0.3, 0.4) is 0 Å². The summed E-state index contributed by atoms with van der Waals surface area (Å²) in [4.78, 5) is 23.3. The summed E-state index contributed by atoms with van der Waals surface area (Å²) in [6, 6.07) is 14.0. The summed E-state index contributed by atoms with van der Waals surface area (Å²) < 4.78 is 7.13. The van der Waals surface area contributed by atoms with Crippen molar-refractivity contribution in [3.63, 3.8) is 0 Å². The van der Waals surface area contributed by atoms with Crippen molar-refractivity contribution in [2.24, 2.45) is 11.3 Å². The fourth-order valence-corrected chi connectivity index (χ4v) is 5.00. The quantitative estimate of drug-likeness (QED) is 0.204. The second-order valence-electron chi connectivity index (χ2n) is 10.00. The predicted molar refractivity (Wildman–Crippen MR) is 140 cm³/mol. The number of carbonyl (C=O) groups is 1. The molecule has 0 saturated heterocycles. The molecule has 0 saturated carbocycles. The number of nitro groups is 1. The highest BCUT2D eigenvalue weighted by Crippen LogP contribution is 2.28. The molecule has 2 aromatic carbocycles. The molecule has 0 radical (unpaired) electrons. The number of ether oxygens (including phenoxy) is 1. The molecule has 3 rings (SSSR count). The van der Waals surface area contributed by atoms with Gasteiger partial charge in [-0.15, -0.1) is 10.2 Å². The molecule has 3 aromatic rings. The molecule has 1 aromatic heterocycles. The van der Waals surface area contributed by atoms with E-state index in [-0.39, 0.29) is 29.5 Å². The fourth-order valence-electron chi connectivity index (χ4n) is 4.09. The molecule has 0 aliphatic carbocycles. The van der Waals surface area contributed by atoms with Gasteiger partial charge in [-0.05, 0) is 47.6 Å². The molecular formula is C26H33N5O4S. The number of carbonyl (C=O) groups excluding carboxylic acids is 1. The number of amides is 1. The zero-order valence-electron chi connectivity index (χ0n) is 21.4. The van der Waals surface area contributed by atoms with Crippen LogP contribution < -0.4 is 10.1 Å². The summed E-state index contributed by atoms with van der Waals surface area (Å²) in [5.41, 5.74) is 1.90. The van der Waals surface area contributed by atoms with Crippen LogP contribution in [-0.2, 0) is 17.1 Å². The Labute approximate surface area is 215 Å². The Bertz CT molecular complexity index is 1190. The van der Waals surface area contributed by atoms with Gasteiger partial charge in [-0.1, -0.05) is 51.6 Å². The second kappa shape index (κ2) is 12.0. The number of hydrogen-bond acceptors (Lipinski definition) is 7. The van der Waals surface area contributed by atoms with E-state index in [2.05, 4.69) is 43.2 Å². The number of nitrogens with one attached hydrogen (secondary N) is 1. The van der Waals surface area contributed by atoms with Gasteiger partial charge in [0.1, 0.15) is 5.75 Å². The van der Waals surface area contributed by atoms with Crippen molar-refractivity contribution in [3.05, 3.63) is 70.0 Å². The van der Waals surface area contributed by atoms with Crippen molar-refractivity contribution < 1.29 is 14.5 Å². The Morgan fingerprint density at radius 3 is 2.56 bits per heavy atom. The van der Waals surface area contributed by atoms with Crippen LogP contribution in [0.2, 0.25) is 0 Å². The first-order valence-electron chi connectivity index (χ1n) is 11.8. The maximum absolute atomic E-state index is 12.6. The second-order valence-corrected chi connectivity index (χ2v) is 10.9. The van der Waals surface area contributed by atoms with Gasteiger partial charge in [-0.25, -0.2) is 0 Å². The Kier molecular flexibility index (Phi) is 9.08. The van der Waals surface area contributed by atoms with E-state index < -0.39 is 4.92 Å². The van der Waals surface area contributed by atoms with Gasteiger partial charge < -0.3 is 10.1 Å². The lowest BCUT2D eigenvalue weighted by atomic mass is 9.84. The number of non-ortho nitro benzene ring substituents is 1. The molecule has 36 heavy (non-hydrogen) atoms. The number of hydrogen-bond donors (Lipinski definition) is 1. The maximum atomic E-state index is 12.6. The van der Waals surface area contributed by atoms with Gasteiger partial charge in [0, 0.05) is 30.0 Å². The van der Waals surface area contributed by atoms with E-state index in [0.29, 0.717) is 28.8 Å². The molecule has 10 heteroatoms. The first-order chi connectivity index (χ1) is 17.1. The Hall–Kier alpha value is -3.40. The lowest BCUT2D eigenvalue weighted by Crippen LogP contribution is -2.27. The highest BCUT2D eigenvalue weighted by Gasteiger charge is 2.20. The van der Waals surface area contributed by atoms with Gasteiger partial charge in [-0.2, -0.15) is 0 Å². The average molecular weight is 512 g/mol. The molecule has 0 bridgehead atoms. The average Bonchev–Trinajstić information content (AvgIpc) is 3.23. The molecule has 1 unspecified atom stereocenters. The molecule has 1 N–H and O–H groups in total. The summed E-state index contributed by atoms with van der Waals surface area (Å²) in [6.07, 6.45) is 1.38. The molecule has 192 valence electrons. The minimum absolute atomic E-state index is 0.0000897. The van der Waals surface area contributed by atoms with E-state index in [1.807, 2.05) is 28.8 Å². The SMILES string of the molecule is COc1cccc(CSc2nnc(CNC(=O)CC(C)CC(C)(C)C)n2-c2ccc([N+](=O)[O-])cc2)c1. The van der Waals surface area contributed by atoms with Crippen molar-refractivity contribution in [2.45, 2.75) is 58.0 Å². The summed E-state index contributed by atoms with van der Waals surface area (Å²) >= 11 is 1.48. The molecule has 0 aliphatic rings. The largest absolute Gasteiger partial charge is 0.497 e. The van der Waals surface area contributed by atoms with Gasteiger partial charge in [-0.3, -0.25) is 19.5 Å². The van der Waals surface area contributed by atoms with Crippen LogP contribution in [0.15, 0.2) is 53.7 Å². The number of nitro benzene ring substituents is 1. The Balaban J connectivity index is 1.79. The van der Waals surface area contributed by atoms with E-state index in [1.54, 1.807) is 19.2 Å². The van der Waals surface area contributed by atoms with Gasteiger partial charge in [0.25, 0.3) is 5.69 Å². The third-order valence-corrected chi connectivity index (χ3v) is 6.46. The van der Waals surface area contributed by atoms with Gasteiger partial charge in [0.2, 0.25) is 5.91 Å². The summed E-state index contributed by atoms with van der Waals surface area (Å²) in [5, 5.41) is 23.4. The lowest BCUT2D eigenvalue weighted by Gasteiger charge is -2.22. The van der Waals surface area contributed by atoms with E-state index in [1.165, 1.54) is 23.9 Å². The normalized spacial score (nSPS) is 12.2. The maximum Gasteiger partial charge on any atom is 0.269 e. The zero-order chi connectivity index (χ0) is 26.3. The fraction of sp³-hybridized carbons (Fsp3) is 0.423. The predicted octanol–water partition coefficient (Wildman–Crippen LogP) is 5.56. The molecule has 0 fully saturated rings. The first kappa shape index (κ1) is 27.2. The molecule has 1 amide bonds. The minimum atomic E-state index is -0.436. The number of benzene rings is 2. The van der Waals surface area contributed by atoms with Gasteiger partial charge in [0.15, 0.2) is 11.0 Å². The molecular weight excluding hydrogens is 478 g/mol. The molecule has 0 aliphatic heterocycles. The summed E-state index contributed by atoms with van der Waals surface area (Å²) in [5.74, 6) is 2.16. The van der Waals surface area contributed by atoms with Crippen molar-refractivity contribution >= 4 is 23.4 Å². The van der Waals surface area contributed by atoms with Crippen LogP contribution in [0.1, 0.15) is 51.9 Å². The monoisotopic (exact) mass is 511 g/mol. The van der Waals surface area contributed by atoms with Crippen LogP contribution >= 0.6 is 11.8 Å². The molecule has 1 heterocycles. The number of methoxy groups -OCH3 is 1. The van der Waals surface area contributed by atoms with E-state index in [0.717, 1.165) is 17.7 Å².